The van der Waals surface area contributed by atoms with Gasteiger partial charge in [-0.25, -0.2) is 0 Å². The van der Waals surface area contributed by atoms with E-state index in [1.165, 1.54) is 32.8 Å². The van der Waals surface area contributed by atoms with E-state index in [1.807, 2.05) is 30.3 Å². The van der Waals surface area contributed by atoms with Crippen molar-refractivity contribution in [2.75, 3.05) is 20.2 Å². The maximum atomic E-state index is 12.1. The first-order chi connectivity index (χ1) is 9.72. The van der Waals surface area contributed by atoms with Crippen LogP contribution in [0.25, 0.3) is 0 Å². The minimum absolute atomic E-state index is 0.132. The summed E-state index contributed by atoms with van der Waals surface area (Å²) in [7, 11) is 1.48. The van der Waals surface area contributed by atoms with Crippen molar-refractivity contribution in [1.29, 1.82) is 0 Å². The predicted molar refractivity (Wildman–Crippen MR) is 80.7 cm³/mol. The fourth-order valence-corrected chi connectivity index (χ4v) is 2.98. The summed E-state index contributed by atoms with van der Waals surface area (Å²) in [6.45, 7) is 4.12. The van der Waals surface area contributed by atoms with Gasteiger partial charge >= 0.3 is 5.97 Å². The summed E-state index contributed by atoms with van der Waals surface area (Å²) < 4.78 is 5.01. The third kappa shape index (κ3) is 3.83. The Morgan fingerprint density at radius 2 is 2.05 bits per heavy atom. The van der Waals surface area contributed by atoms with E-state index >= 15 is 0 Å². The van der Waals surface area contributed by atoms with Gasteiger partial charge in [0.25, 0.3) is 0 Å². The first kappa shape index (κ1) is 15.0. The number of esters is 1. The van der Waals surface area contributed by atoms with Crippen LogP contribution in [-0.2, 0) is 9.53 Å². The van der Waals surface area contributed by atoms with Gasteiger partial charge in [0, 0.05) is 12.6 Å². The molecule has 2 atom stereocenters. The molecule has 1 saturated heterocycles. The molecule has 2 rings (SSSR count). The van der Waals surface area contributed by atoms with Crippen LogP contribution in [0.2, 0.25) is 0 Å². The van der Waals surface area contributed by atoms with E-state index in [0.29, 0.717) is 6.04 Å². The number of benzene rings is 1. The van der Waals surface area contributed by atoms with Gasteiger partial charge < -0.3 is 4.74 Å². The number of hydrogen-bond donors (Lipinski definition) is 0. The third-order valence-corrected chi connectivity index (χ3v) is 4.30. The normalized spacial score (nSPS) is 22.0. The summed E-state index contributed by atoms with van der Waals surface area (Å²) in [4.78, 5) is 14.6. The first-order valence-electron chi connectivity index (χ1n) is 7.59. The molecular weight excluding hydrogens is 250 g/mol. The van der Waals surface area contributed by atoms with Gasteiger partial charge in [-0.15, -0.1) is 0 Å². The lowest BCUT2D eigenvalue weighted by Gasteiger charge is -2.30. The van der Waals surface area contributed by atoms with Crippen molar-refractivity contribution < 1.29 is 9.53 Å². The second kappa shape index (κ2) is 7.44. The Kier molecular flexibility index (Phi) is 5.60. The summed E-state index contributed by atoms with van der Waals surface area (Å²) in [5.74, 6) is -0.311. The Bertz CT molecular complexity index is 418. The molecule has 1 aliphatic heterocycles. The fourth-order valence-electron chi connectivity index (χ4n) is 2.98. The van der Waals surface area contributed by atoms with Gasteiger partial charge in [0.2, 0.25) is 0 Å². The number of rotatable bonds is 4. The zero-order valence-electron chi connectivity index (χ0n) is 12.5. The van der Waals surface area contributed by atoms with Crippen molar-refractivity contribution in [3.8, 4) is 0 Å². The molecular formula is C17H25NO2. The van der Waals surface area contributed by atoms with E-state index < -0.39 is 0 Å². The summed E-state index contributed by atoms with van der Waals surface area (Å²) in [6, 6.07) is 10.5. The number of carbonyl (C=O) groups is 1. The van der Waals surface area contributed by atoms with Crippen LogP contribution in [0.3, 0.4) is 0 Å². The van der Waals surface area contributed by atoms with Crippen LogP contribution in [0.5, 0.6) is 0 Å². The molecule has 0 bridgehead atoms. The molecule has 3 nitrogen and oxygen atoms in total. The van der Waals surface area contributed by atoms with Crippen LogP contribution >= 0.6 is 0 Å². The Hall–Kier alpha value is -1.35. The number of ether oxygens (including phenoxy) is 1. The van der Waals surface area contributed by atoms with Crippen LogP contribution in [0.1, 0.15) is 44.1 Å². The molecule has 110 valence electrons. The van der Waals surface area contributed by atoms with Crippen LogP contribution in [0, 0.1) is 0 Å². The fraction of sp³-hybridized carbons (Fsp3) is 0.588. The third-order valence-electron chi connectivity index (χ3n) is 4.30. The van der Waals surface area contributed by atoms with Crippen LogP contribution in [0.4, 0.5) is 0 Å². The summed E-state index contributed by atoms with van der Waals surface area (Å²) in [6.07, 6.45) is 5.05. The maximum absolute atomic E-state index is 12.1. The van der Waals surface area contributed by atoms with Crippen molar-refractivity contribution in [2.24, 2.45) is 0 Å². The molecule has 2 unspecified atom stereocenters. The standard InChI is InChI=1S/C17H25NO2/c1-14-9-5-4-8-12-18(14)13-16(17(19)20-2)15-10-6-3-7-11-15/h3,6-7,10-11,14,16H,4-5,8-9,12-13H2,1-2H3. The number of carbonyl (C=O) groups excluding carboxylic acids is 1. The average Bonchev–Trinajstić information content (AvgIpc) is 2.69. The van der Waals surface area contributed by atoms with E-state index in [0.717, 1.165) is 18.7 Å². The average molecular weight is 275 g/mol. The Labute approximate surface area is 121 Å². The molecule has 0 aliphatic carbocycles. The van der Waals surface area contributed by atoms with Crippen LogP contribution in [-0.4, -0.2) is 37.1 Å². The van der Waals surface area contributed by atoms with Crippen molar-refractivity contribution >= 4 is 5.97 Å². The molecule has 1 aromatic carbocycles. The highest BCUT2D eigenvalue weighted by Gasteiger charge is 2.27. The van der Waals surface area contributed by atoms with Crippen LogP contribution < -0.4 is 0 Å². The number of methoxy groups -OCH3 is 1. The molecule has 0 aromatic heterocycles. The molecule has 1 aromatic rings. The molecule has 3 heteroatoms. The van der Waals surface area contributed by atoms with Gasteiger partial charge in [-0.05, 0) is 31.9 Å². The molecule has 20 heavy (non-hydrogen) atoms. The molecule has 0 radical (unpaired) electrons. The van der Waals surface area contributed by atoms with Crippen molar-refractivity contribution in [2.45, 2.75) is 44.6 Å². The second-order valence-electron chi connectivity index (χ2n) is 5.68. The van der Waals surface area contributed by atoms with E-state index in [4.69, 9.17) is 4.74 Å². The molecule has 0 N–H and O–H groups in total. The summed E-state index contributed by atoms with van der Waals surface area (Å²) in [5.41, 5.74) is 1.05. The first-order valence-corrected chi connectivity index (χ1v) is 7.59. The predicted octanol–water partition coefficient (Wildman–Crippen LogP) is 3.21. The summed E-state index contributed by atoms with van der Waals surface area (Å²) >= 11 is 0. The van der Waals surface area contributed by atoms with Gasteiger partial charge in [0.1, 0.15) is 0 Å². The highest BCUT2D eigenvalue weighted by atomic mass is 16.5. The number of nitrogens with zero attached hydrogens (tertiary/aromatic N) is 1. The van der Waals surface area contributed by atoms with E-state index in [9.17, 15) is 4.79 Å². The van der Waals surface area contributed by atoms with Crippen molar-refractivity contribution in [3.05, 3.63) is 35.9 Å². The monoisotopic (exact) mass is 275 g/mol. The van der Waals surface area contributed by atoms with Gasteiger partial charge in [-0.2, -0.15) is 0 Å². The quantitative estimate of drug-likeness (QED) is 0.790. The number of hydrogen-bond acceptors (Lipinski definition) is 3. The van der Waals surface area contributed by atoms with Crippen molar-refractivity contribution in [1.82, 2.24) is 4.90 Å². The molecule has 0 spiro atoms. The van der Waals surface area contributed by atoms with E-state index in [2.05, 4.69) is 11.8 Å². The smallest absolute Gasteiger partial charge is 0.314 e. The molecule has 0 saturated carbocycles. The van der Waals surface area contributed by atoms with Crippen LogP contribution in [0.15, 0.2) is 30.3 Å². The topological polar surface area (TPSA) is 29.5 Å². The summed E-state index contributed by atoms with van der Waals surface area (Å²) in [5, 5.41) is 0. The minimum atomic E-state index is -0.179. The van der Waals surface area contributed by atoms with E-state index in [1.54, 1.807) is 0 Å². The van der Waals surface area contributed by atoms with E-state index in [-0.39, 0.29) is 11.9 Å². The van der Waals surface area contributed by atoms with Gasteiger partial charge in [0.15, 0.2) is 0 Å². The second-order valence-corrected chi connectivity index (χ2v) is 5.68. The minimum Gasteiger partial charge on any atom is -0.469 e. The lowest BCUT2D eigenvalue weighted by Crippen LogP contribution is -2.38. The molecule has 1 heterocycles. The maximum Gasteiger partial charge on any atom is 0.314 e. The molecule has 1 fully saturated rings. The van der Waals surface area contributed by atoms with Gasteiger partial charge in [-0.1, -0.05) is 43.2 Å². The lowest BCUT2D eigenvalue weighted by atomic mass is 9.97. The SMILES string of the molecule is COC(=O)C(CN1CCCCCC1C)c1ccccc1. The van der Waals surface area contributed by atoms with Crippen molar-refractivity contribution in [3.63, 3.8) is 0 Å². The Balaban J connectivity index is 2.13. The number of likely N-dealkylation sites (tertiary alicyclic amines) is 1. The van der Waals surface area contributed by atoms with Gasteiger partial charge in [-0.3, -0.25) is 9.69 Å². The van der Waals surface area contributed by atoms with Gasteiger partial charge in [0.05, 0.1) is 13.0 Å². The lowest BCUT2D eigenvalue weighted by molar-refractivity contribution is -0.143. The Morgan fingerprint density at radius 1 is 1.30 bits per heavy atom. The highest BCUT2D eigenvalue weighted by molar-refractivity contribution is 5.78. The zero-order valence-corrected chi connectivity index (χ0v) is 12.5. The highest BCUT2D eigenvalue weighted by Crippen LogP contribution is 2.23. The largest absolute Gasteiger partial charge is 0.469 e. The Morgan fingerprint density at radius 3 is 2.75 bits per heavy atom. The molecule has 0 amide bonds. The molecule has 1 aliphatic rings. The zero-order chi connectivity index (χ0) is 14.4.